The summed E-state index contributed by atoms with van der Waals surface area (Å²) in [6, 6.07) is 4.81. The summed E-state index contributed by atoms with van der Waals surface area (Å²) in [5, 5.41) is 7.44. The molecule has 0 spiro atoms. The zero-order valence-corrected chi connectivity index (χ0v) is 9.25. The van der Waals surface area contributed by atoms with Crippen LogP contribution in [0.15, 0.2) is 18.3 Å². The van der Waals surface area contributed by atoms with Gasteiger partial charge in [-0.3, -0.25) is 9.71 Å². The van der Waals surface area contributed by atoms with Crippen molar-refractivity contribution in [1.29, 1.82) is 5.26 Å². The SMILES string of the molecule is Cc1cc(NS(=O)(=O)C(C)C#N)ccn1. The number of sulfonamides is 1. The molecule has 1 rings (SSSR count). The monoisotopic (exact) mass is 225 g/mol. The van der Waals surface area contributed by atoms with Crippen molar-refractivity contribution < 1.29 is 8.42 Å². The van der Waals surface area contributed by atoms with Crippen LogP contribution in [0.25, 0.3) is 0 Å². The van der Waals surface area contributed by atoms with Crippen LogP contribution >= 0.6 is 0 Å². The summed E-state index contributed by atoms with van der Waals surface area (Å²) < 4.78 is 25.3. The Bertz CT molecular complexity index is 490. The molecule has 1 aromatic heterocycles. The predicted molar refractivity (Wildman–Crippen MR) is 56.6 cm³/mol. The first-order valence-corrected chi connectivity index (χ1v) is 5.84. The van der Waals surface area contributed by atoms with Gasteiger partial charge in [0.15, 0.2) is 5.25 Å². The lowest BCUT2D eigenvalue weighted by molar-refractivity contribution is 0.597. The highest BCUT2D eigenvalue weighted by Crippen LogP contribution is 2.11. The number of rotatable bonds is 3. The fraction of sp³-hybridized carbons (Fsp3) is 0.333. The molecule has 0 aliphatic heterocycles. The molecule has 0 radical (unpaired) electrons. The minimum Gasteiger partial charge on any atom is -0.282 e. The Balaban J connectivity index is 2.93. The fourth-order valence-electron chi connectivity index (χ4n) is 0.931. The van der Waals surface area contributed by atoms with Crippen LogP contribution in [0, 0.1) is 18.3 Å². The number of hydrogen-bond acceptors (Lipinski definition) is 4. The van der Waals surface area contributed by atoms with E-state index in [0.29, 0.717) is 11.4 Å². The molecule has 0 aromatic carbocycles. The van der Waals surface area contributed by atoms with Gasteiger partial charge >= 0.3 is 0 Å². The summed E-state index contributed by atoms with van der Waals surface area (Å²) >= 11 is 0. The van der Waals surface area contributed by atoms with E-state index in [0.717, 1.165) is 0 Å². The maximum absolute atomic E-state index is 11.5. The Morgan fingerprint density at radius 2 is 2.27 bits per heavy atom. The number of nitrogens with one attached hydrogen (secondary N) is 1. The Morgan fingerprint density at radius 1 is 1.60 bits per heavy atom. The minimum atomic E-state index is -3.62. The van der Waals surface area contributed by atoms with E-state index in [9.17, 15) is 8.42 Å². The molecule has 1 aromatic rings. The highest BCUT2D eigenvalue weighted by Gasteiger charge is 2.19. The van der Waals surface area contributed by atoms with E-state index in [1.54, 1.807) is 19.1 Å². The largest absolute Gasteiger partial charge is 0.282 e. The topological polar surface area (TPSA) is 82.9 Å². The summed E-state index contributed by atoms with van der Waals surface area (Å²) in [4.78, 5) is 3.94. The van der Waals surface area contributed by atoms with Crippen molar-refractivity contribution >= 4 is 15.7 Å². The molecule has 0 fully saturated rings. The molecular formula is C9H11N3O2S. The Labute approximate surface area is 88.8 Å². The molecule has 1 heterocycles. The summed E-state index contributed by atoms with van der Waals surface area (Å²) in [6.45, 7) is 3.09. The van der Waals surface area contributed by atoms with Gasteiger partial charge in [0, 0.05) is 11.9 Å². The average molecular weight is 225 g/mol. The summed E-state index contributed by atoms with van der Waals surface area (Å²) in [5.74, 6) is 0. The van der Waals surface area contributed by atoms with E-state index < -0.39 is 15.3 Å². The predicted octanol–water partition coefficient (Wildman–Crippen LogP) is 1.04. The van der Waals surface area contributed by atoms with Crippen LogP contribution in [0.1, 0.15) is 12.6 Å². The van der Waals surface area contributed by atoms with Gasteiger partial charge in [-0.1, -0.05) is 0 Å². The standard InChI is InChI=1S/C9H11N3O2S/c1-7-5-9(3-4-11-7)12-15(13,14)8(2)6-10/h3-5,8H,1-2H3,(H,11,12). The lowest BCUT2D eigenvalue weighted by atomic mass is 10.3. The molecule has 0 aliphatic carbocycles. The van der Waals surface area contributed by atoms with E-state index in [1.807, 2.05) is 0 Å². The molecule has 1 unspecified atom stereocenters. The van der Waals surface area contributed by atoms with Crippen molar-refractivity contribution in [1.82, 2.24) is 4.98 Å². The first kappa shape index (κ1) is 11.5. The van der Waals surface area contributed by atoms with Crippen molar-refractivity contribution in [3.05, 3.63) is 24.0 Å². The minimum absolute atomic E-state index is 0.421. The van der Waals surface area contributed by atoms with Crippen molar-refractivity contribution in [2.75, 3.05) is 4.72 Å². The van der Waals surface area contributed by atoms with Crippen molar-refractivity contribution in [2.24, 2.45) is 0 Å². The molecular weight excluding hydrogens is 214 g/mol. The average Bonchev–Trinajstić information content (AvgIpc) is 2.15. The summed E-state index contributed by atoms with van der Waals surface area (Å²) in [6.07, 6.45) is 1.50. The number of hydrogen-bond donors (Lipinski definition) is 1. The Hall–Kier alpha value is -1.61. The second-order valence-electron chi connectivity index (χ2n) is 3.10. The number of nitriles is 1. The van der Waals surface area contributed by atoms with Crippen LogP contribution in [-0.4, -0.2) is 18.7 Å². The van der Waals surface area contributed by atoms with Crippen LogP contribution in [0.2, 0.25) is 0 Å². The van der Waals surface area contributed by atoms with Crippen LogP contribution < -0.4 is 4.72 Å². The molecule has 0 aliphatic rings. The van der Waals surface area contributed by atoms with Crippen LogP contribution in [0.4, 0.5) is 5.69 Å². The number of aromatic nitrogens is 1. The van der Waals surface area contributed by atoms with Crippen molar-refractivity contribution in [2.45, 2.75) is 19.1 Å². The van der Waals surface area contributed by atoms with Gasteiger partial charge in [0.2, 0.25) is 10.0 Å². The third kappa shape index (κ3) is 2.92. The third-order valence-corrected chi connectivity index (χ3v) is 3.36. The molecule has 1 N–H and O–H groups in total. The molecule has 6 heteroatoms. The lowest BCUT2D eigenvalue weighted by Gasteiger charge is -2.08. The molecule has 0 saturated carbocycles. The van der Waals surface area contributed by atoms with Gasteiger partial charge in [-0.15, -0.1) is 0 Å². The second kappa shape index (κ2) is 4.28. The van der Waals surface area contributed by atoms with Gasteiger partial charge in [0.25, 0.3) is 0 Å². The molecule has 15 heavy (non-hydrogen) atoms. The first-order chi connectivity index (χ1) is 6.95. The lowest BCUT2D eigenvalue weighted by Crippen LogP contribution is -2.23. The van der Waals surface area contributed by atoms with E-state index >= 15 is 0 Å². The van der Waals surface area contributed by atoms with Crippen molar-refractivity contribution in [3.63, 3.8) is 0 Å². The zero-order chi connectivity index (χ0) is 11.5. The van der Waals surface area contributed by atoms with Gasteiger partial charge in [0.05, 0.1) is 11.8 Å². The van der Waals surface area contributed by atoms with E-state index in [1.165, 1.54) is 19.2 Å². The van der Waals surface area contributed by atoms with Gasteiger partial charge in [-0.05, 0) is 26.0 Å². The number of nitrogens with zero attached hydrogens (tertiary/aromatic N) is 2. The zero-order valence-electron chi connectivity index (χ0n) is 8.43. The number of anilines is 1. The molecule has 1 atom stereocenters. The first-order valence-electron chi connectivity index (χ1n) is 4.29. The quantitative estimate of drug-likeness (QED) is 0.833. The van der Waals surface area contributed by atoms with Gasteiger partial charge < -0.3 is 0 Å². The second-order valence-corrected chi connectivity index (χ2v) is 5.11. The maximum atomic E-state index is 11.5. The normalized spacial score (nSPS) is 12.9. The highest BCUT2D eigenvalue weighted by atomic mass is 32.2. The van der Waals surface area contributed by atoms with Gasteiger partial charge in [0.1, 0.15) is 0 Å². The van der Waals surface area contributed by atoms with Crippen LogP contribution in [-0.2, 0) is 10.0 Å². The molecule has 0 saturated heterocycles. The van der Waals surface area contributed by atoms with E-state index in [2.05, 4.69) is 9.71 Å². The van der Waals surface area contributed by atoms with Gasteiger partial charge in [-0.2, -0.15) is 5.26 Å². The molecule has 0 bridgehead atoms. The smallest absolute Gasteiger partial charge is 0.248 e. The Morgan fingerprint density at radius 3 is 2.80 bits per heavy atom. The van der Waals surface area contributed by atoms with Crippen LogP contribution in [0.3, 0.4) is 0 Å². The highest BCUT2D eigenvalue weighted by molar-refractivity contribution is 7.93. The fourth-order valence-corrected chi connectivity index (χ4v) is 1.70. The maximum Gasteiger partial charge on any atom is 0.248 e. The number of aryl methyl sites for hydroxylation is 1. The van der Waals surface area contributed by atoms with Crippen molar-refractivity contribution in [3.8, 4) is 6.07 Å². The number of pyridine rings is 1. The van der Waals surface area contributed by atoms with E-state index in [4.69, 9.17) is 5.26 Å². The third-order valence-electron chi connectivity index (χ3n) is 1.80. The molecule has 0 amide bonds. The molecule has 80 valence electrons. The van der Waals surface area contributed by atoms with E-state index in [-0.39, 0.29) is 0 Å². The van der Waals surface area contributed by atoms with Gasteiger partial charge in [-0.25, -0.2) is 8.42 Å². The summed E-state index contributed by atoms with van der Waals surface area (Å²) in [7, 11) is -3.62. The summed E-state index contributed by atoms with van der Waals surface area (Å²) in [5.41, 5.74) is 1.13. The molecule has 5 nitrogen and oxygen atoms in total. The Kier molecular flexibility index (Phi) is 3.27. The van der Waals surface area contributed by atoms with Crippen LogP contribution in [0.5, 0.6) is 0 Å².